The van der Waals surface area contributed by atoms with Gasteiger partial charge in [0.15, 0.2) is 0 Å². The molecule has 0 radical (unpaired) electrons. The standard InChI is InChI=1S/C13H11FN2O2/c1-8-2-4-11(17)10(6-8)13(18)16-9-3-5-12(14)15-7-9/h2-7,17H,1H3,(H,16,18). The van der Waals surface area contributed by atoms with Crippen molar-refractivity contribution in [2.75, 3.05) is 5.32 Å². The highest BCUT2D eigenvalue weighted by Gasteiger charge is 2.11. The fourth-order valence-electron chi connectivity index (χ4n) is 1.48. The third kappa shape index (κ3) is 2.63. The second-order valence-corrected chi connectivity index (χ2v) is 3.84. The van der Waals surface area contributed by atoms with Crippen LogP contribution in [0.25, 0.3) is 0 Å². The number of phenols is 1. The number of phenolic OH excluding ortho intramolecular Hbond substituents is 1. The Morgan fingerprint density at radius 3 is 2.78 bits per heavy atom. The molecule has 0 spiro atoms. The van der Waals surface area contributed by atoms with Crippen molar-refractivity contribution in [3.05, 3.63) is 53.6 Å². The molecule has 0 aliphatic heterocycles. The molecule has 0 saturated carbocycles. The average Bonchev–Trinajstić information content (AvgIpc) is 2.35. The zero-order valence-electron chi connectivity index (χ0n) is 9.64. The van der Waals surface area contributed by atoms with Gasteiger partial charge in [-0.05, 0) is 31.2 Å². The predicted octanol–water partition coefficient (Wildman–Crippen LogP) is 2.49. The van der Waals surface area contributed by atoms with Crippen LogP contribution in [-0.4, -0.2) is 16.0 Å². The van der Waals surface area contributed by atoms with Crippen LogP contribution in [0.3, 0.4) is 0 Å². The van der Waals surface area contributed by atoms with Crippen molar-refractivity contribution in [3.63, 3.8) is 0 Å². The number of aromatic nitrogens is 1. The molecule has 1 aromatic heterocycles. The Kier molecular flexibility index (Phi) is 3.23. The Bertz CT molecular complexity index is 582. The summed E-state index contributed by atoms with van der Waals surface area (Å²) in [6, 6.07) is 7.26. The lowest BCUT2D eigenvalue weighted by atomic mass is 10.1. The van der Waals surface area contributed by atoms with Gasteiger partial charge in [-0.3, -0.25) is 4.79 Å². The lowest BCUT2D eigenvalue weighted by Crippen LogP contribution is -2.12. The molecule has 0 unspecified atom stereocenters. The molecule has 1 aromatic carbocycles. The maximum Gasteiger partial charge on any atom is 0.259 e. The maximum absolute atomic E-state index is 12.6. The number of aryl methyl sites for hydroxylation is 1. The summed E-state index contributed by atoms with van der Waals surface area (Å²) < 4.78 is 12.6. The molecule has 0 saturated heterocycles. The van der Waals surface area contributed by atoms with Gasteiger partial charge in [-0.15, -0.1) is 0 Å². The summed E-state index contributed by atoms with van der Waals surface area (Å²) in [5, 5.41) is 12.1. The number of pyridine rings is 1. The van der Waals surface area contributed by atoms with Crippen LogP contribution in [0.5, 0.6) is 5.75 Å². The summed E-state index contributed by atoms with van der Waals surface area (Å²) in [6.45, 7) is 1.82. The molecule has 0 bridgehead atoms. The Balaban J connectivity index is 2.21. The molecule has 4 nitrogen and oxygen atoms in total. The summed E-state index contributed by atoms with van der Waals surface area (Å²) in [5.41, 5.74) is 1.39. The summed E-state index contributed by atoms with van der Waals surface area (Å²) in [6.07, 6.45) is 1.21. The van der Waals surface area contributed by atoms with Gasteiger partial charge in [0.1, 0.15) is 5.75 Å². The molecule has 2 rings (SSSR count). The van der Waals surface area contributed by atoms with Gasteiger partial charge in [-0.1, -0.05) is 11.6 Å². The average molecular weight is 246 g/mol. The molecule has 1 amide bonds. The first-order chi connectivity index (χ1) is 8.56. The number of nitrogens with zero attached hydrogens (tertiary/aromatic N) is 1. The SMILES string of the molecule is Cc1ccc(O)c(C(=O)Nc2ccc(F)nc2)c1. The summed E-state index contributed by atoms with van der Waals surface area (Å²) in [4.78, 5) is 15.3. The molecule has 5 heteroatoms. The zero-order valence-corrected chi connectivity index (χ0v) is 9.64. The van der Waals surface area contributed by atoms with Crippen LogP contribution in [-0.2, 0) is 0 Å². The number of carbonyl (C=O) groups is 1. The molecule has 92 valence electrons. The third-order valence-electron chi connectivity index (χ3n) is 2.38. The van der Waals surface area contributed by atoms with E-state index in [0.717, 1.165) is 11.6 Å². The highest BCUT2D eigenvalue weighted by molar-refractivity contribution is 6.06. The minimum atomic E-state index is -0.619. The van der Waals surface area contributed by atoms with Crippen molar-refractivity contribution >= 4 is 11.6 Å². The van der Waals surface area contributed by atoms with Crippen molar-refractivity contribution in [2.45, 2.75) is 6.92 Å². The van der Waals surface area contributed by atoms with Crippen molar-refractivity contribution < 1.29 is 14.3 Å². The topological polar surface area (TPSA) is 62.2 Å². The van der Waals surface area contributed by atoms with Gasteiger partial charge in [0.05, 0.1) is 17.4 Å². The number of amides is 1. The van der Waals surface area contributed by atoms with Gasteiger partial charge in [-0.25, -0.2) is 4.98 Å². The smallest absolute Gasteiger partial charge is 0.259 e. The van der Waals surface area contributed by atoms with E-state index in [-0.39, 0.29) is 11.3 Å². The van der Waals surface area contributed by atoms with Crippen molar-refractivity contribution in [3.8, 4) is 5.75 Å². The van der Waals surface area contributed by atoms with Gasteiger partial charge in [0.25, 0.3) is 5.91 Å². The summed E-state index contributed by atoms with van der Waals surface area (Å²) in [7, 11) is 0. The molecular weight excluding hydrogens is 235 g/mol. The Morgan fingerprint density at radius 1 is 1.33 bits per heavy atom. The molecule has 2 aromatic rings. The van der Waals surface area contributed by atoms with E-state index in [1.807, 2.05) is 6.92 Å². The largest absolute Gasteiger partial charge is 0.507 e. The fourth-order valence-corrected chi connectivity index (χ4v) is 1.48. The highest BCUT2D eigenvalue weighted by Crippen LogP contribution is 2.19. The van der Waals surface area contributed by atoms with Crippen LogP contribution in [0.4, 0.5) is 10.1 Å². The minimum absolute atomic E-state index is 0.104. The summed E-state index contributed by atoms with van der Waals surface area (Å²) in [5.74, 6) is -1.19. The van der Waals surface area contributed by atoms with Gasteiger partial charge in [-0.2, -0.15) is 4.39 Å². The van der Waals surface area contributed by atoms with Crippen molar-refractivity contribution in [2.24, 2.45) is 0 Å². The second-order valence-electron chi connectivity index (χ2n) is 3.84. The number of carbonyl (C=O) groups excluding carboxylic acids is 1. The number of benzene rings is 1. The Morgan fingerprint density at radius 2 is 2.11 bits per heavy atom. The van der Waals surface area contributed by atoms with Crippen LogP contribution >= 0.6 is 0 Å². The van der Waals surface area contributed by atoms with Gasteiger partial charge < -0.3 is 10.4 Å². The number of rotatable bonds is 2. The molecule has 0 fully saturated rings. The van der Waals surface area contributed by atoms with Crippen LogP contribution < -0.4 is 5.32 Å². The first kappa shape index (κ1) is 12.0. The molecule has 0 aliphatic carbocycles. The number of halogens is 1. The lowest BCUT2D eigenvalue weighted by molar-refractivity contribution is 0.102. The number of anilines is 1. The molecule has 0 atom stereocenters. The van der Waals surface area contributed by atoms with E-state index >= 15 is 0 Å². The van der Waals surface area contributed by atoms with Crippen LogP contribution in [0.2, 0.25) is 0 Å². The third-order valence-corrected chi connectivity index (χ3v) is 2.38. The molecular formula is C13H11FN2O2. The highest BCUT2D eigenvalue weighted by atomic mass is 19.1. The Labute approximate surface area is 103 Å². The normalized spacial score (nSPS) is 10.1. The van der Waals surface area contributed by atoms with E-state index in [2.05, 4.69) is 10.3 Å². The number of hydrogen-bond donors (Lipinski definition) is 2. The minimum Gasteiger partial charge on any atom is -0.507 e. The molecule has 0 aliphatic rings. The van der Waals surface area contributed by atoms with E-state index < -0.39 is 11.9 Å². The van der Waals surface area contributed by atoms with Crippen molar-refractivity contribution in [1.82, 2.24) is 4.98 Å². The lowest BCUT2D eigenvalue weighted by Gasteiger charge is -2.07. The van der Waals surface area contributed by atoms with E-state index in [4.69, 9.17) is 0 Å². The fraction of sp³-hybridized carbons (Fsp3) is 0.0769. The summed E-state index contributed by atoms with van der Waals surface area (Å²) >= 11 is 0. The molecule has 18 heavy (non-hydrogen) atoms. The van der Waals surface area contributed by atoms with E-state index in [0.29, 0.717) is 5.69 Å². The number of aromatic hydroxyl groups is 1. The van der Waals surface area contributed by atoms with Gasteiger partial charge in [0, 0.05) is 0 Å². The van der Waals surface area contributed by atoms with Gasteiger partial charge >= 0.3 is 0 Å². The van der Waals surface area contributed by atoms with E-state index in [1.165, 1.54) is 18.3 Å². The van der Waals surface area contributed by atoms with Gasteiger partial charge in [0.2, 0.25) is 5.95 Å². The van der Waals surface area contributed by atoms with E-state index in [9.17, 15) is 14.3 Å². The van der Waals surface area contributed by atoms with Crippen molar-refractivity contribution in [1.29, 1.82) is 0 Å². The first-order valence-corrected chi connectivity index (χ1v) is 5.29. The van der Waals surface area contributed by atoms with Crippen LogP contribution in [0.1, 0.15) is 15.9 Å². The Hall–Kier alpha value is -2.43. The zero-order chi connectivity index (χ0) is 13.1. The number of nitrogens with one attached hydrogen (secondary N) is 1. The van der Waals surface area contributed by atoms with E-state index in [1.54, 1.807) is 12.1 Å². The van der Waals surface area contributed by atoms with Crippen LogP contribution in [0, 0.1) is 12.9 Å². The molecule has 1 heterocycles. The molecule has 2 N–H and O–H groups in total. The predicted molar refractivity (Wildman–Crippen MR) is 65.0 cm³/mol. The quantitative estimate of drug-likeness (QED) is 0.800. The first-order valence-electron chi connectivity index (χ1n) is 5.29. The maximum atomic E-state index is 12.6. The number of hydrogen-bond acceptors (Lipinski definition) is 3. The monoisotopic (exact) mass is 246 g/mol. The van der Waals surface area contributed by atoms with Crippen LogP contribution in [0.15, 0.2) is 36.5 Å². The second kappa shape index (κ2) is 4.83.